The van der Waals surface area contributed by atoms with Crippen molar-refractivity contribution in [2.75, 3.05) is 34.5 Å². The van der Waals surface area contributed by atoms with Crippen LogP contribution in [0.2, 0.25) is 0 Å². The summed E-state index contributed by atoms with van der Waals surface area (Å²) in [5.41, 5.74) is 0. The van der Waals surface area contributed by atoms with Crippen LogP contribution in [-0.4, -0.2) is 64.2 Å². The number of ether oxygens (including phenoxy) is 5. The zero-order valence-corrected chi connectivity index (χ0v) is 16.6. The molecule has 0 aliphatic rings. The molecule has 178 valence electrons. The number of hydroxylamine groups is 2. The van der Waals surface area contributed by atoms with E-state index in [1.165, 1.54) is 26.2 Å². The molecule has 0 bridgehead atoms. The first kappa shape index (κ1) is 26.5. The minimum Gasteiger partial charge on any atom is -0.493 e. The molecule has 0 aliphatic carbocycles. The van der Waals surface area contributed by atoms with Gasteiger partial charge in [-0.05, 0) is 19.1 Å². The van der Waals surface area contributed by atoms with Gasteiger partial charge in [0, 0.05) is 0 Å². The van der Waals surface area contributed by atoms with Gasteiger partial charge < -0.3 is 14.2 Å². The Morgan fingerprint density at radius 3 is 2.03 bits per heavy atom. The van der Waals surface area contributed by atoms with Gasteiger partial charge in [-0.2, -0.15) is 13.2 Å². The van der Waals surface area contributed by atoms with Crippen molar-refractivity contribution >= 4 is 5.91 Å². The van der Waals surface area contributed by atoms with Crippen LogP contribution in [0.5, 0.6) is 17.2 Å². The van der Waals surface area contributed by atoms with Crippen LogP contribution in [0, 0.1) is 0 Å². The fraction of sp³-hybridized carbons (Fsp3) is 0.562. The Hall–Kier alpha value is -2.49. The standard InChI is InChI=1S/C16H19F6NO8/c1-5-28-12-10(25-2)7-6-8-11(12)30-15(31-16(20,21)22,29-9-14(17,18)19)13(24)23(26-3)27-4/h6-8H,5,9H2,1-4H3. The number of benzene rings is 1. The Morgan fingerprint density at radius 2 is 1.58 bits per heavy atom. The van der Waals surface area contributed by atoms with Crippen LogP contribution >= 0.6 is 0 Å². The van der Waals surface area contributed by atoms with E-state index >= 15 is 0 Å². The van der Waals surface area contributed by atoms with Crippen molar-refractivity contribution in [2.24, 2.45) is 0 Å². The van der Waals surface area contributed by atoms with Gasteiger partial charge in [0.2, 0.25) is 5.75 Å². The highest BCUT2D eigenvalue weighted by Gasteiger charge is 2.58. The fourth-order valence-corrected chi connectivity index (χ4v) is 2.08. The first-order valence-electron chi connectivity index (χ1n) is 8.21. The number of para-hydroxylation sites is 1. The monoisotopic (exact) mass is 467 g/mol. The zero-order valence-electron chi connectivity index (χ0n) is 16.6. The van der Waals surface area contributed by atoms with Crippen LogP contribution in [0.1, 0.15) is 6.92 Å². The number of nitrogens with zero attached hydrogens (tertiary/aromatic N) is 1. The number of methoxy groups -OCH3 is 1. The molecule has 31 heavy (non-hydrogen) atoms. The number of halogens is 6. The third kappa shape index (κ3) is 7.61. The molecule has 1 amide bonds. The average Bonchev–Trinajstić information content (AvgIpc) is 2.66. The Balaban J connectivity index is 3.64. The van der Waals surface area contributed by atoms with Crippen molar-refractivity contribution in [1.29, 1.82) is 0 Å². The Labute approximate surface area is 172 Å². The summed E-state index contributed by atoms with van der Waals surface area (Å²) < 4.78 is 101. The van der Waals surface area contributed by atoms with Crippen molar-refractivity contribution in [3.63, 3.8) is 0 Å². The molecule has 0 fully saturated rings. The van der Waals surface area contributed by atoms with Crippen LogP contribution < -0.4 is 14.2 Å². The van der Waals surface area contributed by atoms with Gasteiger partial charge in [-0.15, -0.1) is 13.2 Å². The Bertz CT molecular complexity index is 725. The number of amides is 1. The summed E-state index contributed by atoms with van der Waals surface area (Å²) in [5.74, 6) is -7.23. The zero-order chi connectivity index (χ0) is 23.9. The molecule has 0 saturated carbocycles. The van der Waals surface area contributed by atoms with Gasteiger partial charge in [0.1, 0.15) is 6.61 Å². The van der Waals surface area contributed by atoms with Crippen molar-refractivity contribution < 1.29 is 64.5 Å². The Morgan fingerprint density at radius 1 is 1.00 bits per heavy atom. The summed E-state index contributed by atoms with van der Waals surface area (Å²) in [6, 6.07) is 3.50. The summed E-state index contributed by atoms with van der Waals surface area (Å²) in [7, 11) is 2.74. The molecule has 1 atom stereocenters. The maximum Gasteiger partial charge on any atom is 0.528 e. The van der Waals surface area contributed by atoms with Crippen LogP contribution in [0.15, 0.2) is 18.2 Å². The number of rotatable bonds is 11. The molecule has 1 rings (SSSR count). The number of alkyl halides is 6. The minimum absolute atomic E-state index is 0.0521. The number of hydrogen-bond acceptors (Lipinski definition) is 8. The van der Waals surface area contributed by atoms with Gasteiger partial charge in [0.25, 0.3) is 0 Å². The fourth-order valence-electron chi connectivity index (χ4n) is 2.08. The first-order valence-corrected chi connectivity index (χ1v) is 8.21. The summed E-state index contributed by atoms with van der Waals surface area (Å²) >= 11 is 0. The van der Waals surface area contributed by atoms with E-state index in [0.717, 1.165) is 20.3 Å². The third-order valence-electron chi connectivity index (χ3n) is 3.13. The molecule has 0 spiro atoms. The molecule has 0 N–H and O–H groups in total. The van der Waals surface area contributed by atoms with E-state index < -0.39 is 36.8 Å². The second-order valence-electron chi connectivity index (χ2n) is 5.26. The highest BCUT2D eigenvalue weighted by atomic mass is 19.4. The molecular weight excluding hydrogens is 448 g/mol. The predicted octanol–water partition coefficient (Wildman–Crippen LogP) is 3.19. The second kappa shape index (κ2) is 10.7. The predicted molar refractivity (Wildman–Crippen MR) is 87.5 cm³/mol. The summed E-state index contributed by atoms with van der Waals surface area (Å²) in [4.78, 5) is 21.4. The highest BCUT2D eigenvalue weighted by molar-refractivity contribution is 5.81. The average molecular weight is 467 g/mol. The molecule has 1 unspecified atom stereocenters. The van der Waals surface area contributed by atoms with Crippen LogP contribution in [0.25, 0.3) is 0 Å². The van der Waals surface area contributed by atoms with Crippen molar-refractivity contribution in [1.82, 2.24) is 5.23 Å². The van der Waals surface area contributed by atoms with Crippen LogP contribution in [-0.2, 0) is 23.9 Å². The van der Waals surface area contributed by atoms with Gasteiger partial charge in [0.05, 0.1) is 27.9 Å². The quantitative estimate of drug-likeness (QED) is 0.279. The maximum absolute atomic E-state index is 13.1. The molecule has 0 radical (unpaired) electrons. The van der Waals surface area contributed by atoms with Crippen molar-refractivity contribution in [3.05, 3.63) is 18.2 Å². The van der Waals surface area contributed by atoms with Gasteiger partial charge in [-0.25, -0.2) is 14.4 Å². The minimum atomic E-state index is -5.71. The lowest BCUT2D eigenvalue weighted by Gasteiger charge is -2.34. The second-order valence-corrected chi connectivity index (χ2v) is 5.26. The smallest absolute Gasteiger partial charge is 0.493 e. The number of hydrogen-bond donors (Lipinski definition) is 0. The van der Waals surface area contributed by atoms with Gasteiger partial charge in [0.15, 0.2) is 11.5 Å². The highest BCUT2D eigenvalue weighted by Crippen LogP contribution is 2.41. The lowest BCUT2D eigenvalue weighted by Crippen LogP contribution is -2.59. The number of carbonyl (C=O) groups is 1. The molecular formula is C16H19F6NO8. The lowest BCUT2D eigenvalue weighted by molar-refractivity contribution is -0.467. The van der Waals surface area contributed by atoms with Crippen LogP contribution in [0.4, 0.5) is 26.3 Å². The lowest BCUT2D eigenvalue weighted by atomic mass is 10.3. The SMILES string of the molecule is CCOc1c(OC)cccc1OC(OCC(F)(F)F)(OC(F)(F)F)C(=O)N(OC)OC. The summed E-state index contributed by atoms with van der Waals surface area (Å²) in [5, 5.41) is -0.233. The maximum atomic E-state index is 13.1. The molecule has 9 nitrogen and oxygen atoms in total. The van der Waals surface area contributed by atoms with Gasteiger partial charge in [-0.3, -0.25) is 9.53 Å². The third-order valence-corrected chi connectivity index (χ3v) is 3.13. The largest absolute Gasteiger partial charge is 0.528 e. The summed E-state index contributed by atoms with van der Waals surface area (Å²) in [6.07, 6.45) is -10.9. The van der Waals surface area contributed by atoms with E-state index in [9.17, 15) is 31.1 Å². The van der Waals surface area contributed by atoms with E-state index in [-0.39, 0.29) is 23.3 Å². The molecule has 0 aromatic heterocycles. The van der Waals surface area contributed by atoms with E-state index in [1.807, 2.05) is 0 Å². The molecule has 0 heterocycles. The van der Waals surface area contributed by atoms with Gasteiger partial charge >= 0.3 is 24.4 Å². The van der Waals surface area contributed by atoms with Crippen LogP contribution in [0.3, 0.4) is 0 Å². The Kier molecular flexibility index (Phi) is 9.16. The van der Waals surface area contributed by atoms with E-state index in [2.05, 4.69) is 19.1 Å². The van der Waals surface area contributed by atoms with E-state index in [0.29, 0.717) is 0 Å². The van der Waals surface area contributed by atoms with Gasteiger partial charge in [-0.1, -0.05) is 11.3 Å². The molecule has 1 aromatic carbocycles. The number of carbonyl (C=O) groups excluding carboxylic acids is 1. The first-order chi connectivity index (χ1) is 14.3. The topological polar surface area (TPSA) is 84.9 Å². The molecule has 15 heteroatoms. The van der Waals surface area contributed by atoms with E-state index in [1.54, 1.807) is 0 Å². The molecule has 0 saturated heterocycles. The van der Waals surface area contributed by atoms with Crippen molar-refractivity contribution in [2.45, 2.75) is 25.4 Å². The van der Waals surface area contributed by atoms with E-state index in [4.69, 9.17) is 14.2 Å². The normalized spacial score (nSPS) is 14.0. The molecule has 0 aliphatic heterocycles. The van der Waals surface area contributed by atoms with Crippen molar-refractivity contribution in [3.8, 4) is 17.2 Å². The molecule has 1 aromatic rings. The summed E-state index contributed by atoms with van der Waals surface area (Å²) in [6.45, 7) is -0.925.